The van der Waals surface area contributed by atoms with E-state index >= 15 is 0 Å². The van der Waals surface area contributed by atoms with Gasteiger partial charge in [0.1, 0.15) is 17.2 Å². The number of urea groups is 1. The van der Waals surface area contributed by atoms with Gasteiger partial charge in [-0.1, -0.05) is 6.58 Å². The van der Waals surface area contributed by atoms with Crippen LogP contribution in [0.3, 0.4) is 0 Å². The summed E-state index contributed by atoms with van der Waals surface area (Å²) in [4.78, 5) is 44.5. The molecule has 2 aromatic carbocycles. The van der Waals surface area contributed by atoms with Gasteiger partial charge in [-0.25, -0.2) is 9.78 Å². The van der Waals surface area contributed by atoms with Crippen LogP contribution >= 0.6 is 0 Å². The van der Waals surface area contributed by atoms with Crippen molar-refractivity contribution in [1.29, 1.82) is 0 Å². The highest BCUT2D eigenvalue weighted by Crippen LogP contribution is 2.25. The Kier molecular flexibility index (Phi) is 7.77. The standard InChI is InChI=1S/C27H25N7O4/c1-4-25(35)31-19-11-20(13-21(12-19)34-15-17(2)30-16-34)33-27(37)32-18-5-7-22(8-6-18)38-23-9-10-29-24(14-23)26(36)28-3/h4-16H,1H2,2-3H3,(H,28,36)(H,31,35)(H2,32,33,37). The van der Waals surface area contributed by atoms with Crippen LogP contribution in [0.5, 0.6) is 11.5 Å². The van der Waals surface area contributed by atoms with Gasteiger partial charge in [-0.3, -0.25) is 14.6 Å². The Bertz CT molecular complexity index is 1500. The first-order chi connectivity index (χ1) is 18.3. The van der Waals surface area contributed by atoms with E-state index in [4.69, 9.17) is 4.74 Å². The van der Waals surface area contributed by atoms with Gasteiger partial charge >= 0.3 is 6.03 Å². The highest BCUT2D eigenvalue weighted by Gasteiger charge is 2.10. The Morgan fingerprint density at radius 1 is 0.895 bits per heavy atom. The highest BCUT2D eigenvalue weighted by molar-refractivity contribution is 6.02. The van der Waals surface area contributed by atoms with E-state index in [0.717, 1.165) is 11.8 Å². The van der Waals surface area contributed by atoms with E-state index in [1.165, 1.54) is 19.3 Å². The number of nitrogens with zero attached hydrogens (tertiary/aromatic N) is 3. The number of hydrogen-bond donors (Lipinski definition) is 4. The molecule has 4 amide bonds. The molecule has 0 bridgehead atoms. The zero-order chi connectivity index (χ0) is 27.1. The van der Waals surface area contributed by atoms with E-state index < -0.39 is 6.03 Å². The number of pyridine rings is 1. The number of aryl methyl sites for hydroxylation is 1. The topological polar surface area (TPSA) is 139 Å². The van der Waals surface area contributed by atoms with Crippen molar-refractivity contribution in [1.82, 2.24) is 19.9 Å². The van der Waals surface area contributed by atoms with Crippen LogP contribution in [0, 0.1) is 6.92 Å². The number of amides is 4. The molecule has 0 atom stereocenters. The number of nitrogens with one attached hydrogen (secondary N) is 4. The van der Waals surface area contributed by atoms with Gasteiger partial charge in [0.05, 0.1) is 17.7 Å². The number of anilines is 3. The summed E-state index contributed by atoms with van der Waals surface area (Å²) in [5, 5.41) is 10.8. The molecule has 4 aromatic rings. The lowest BCUT2D eigenvalue weighted by Gasteiger charge is -2.13. The summed E-state index contributed by atoms with van der Waals surface area (Å²) in [6, 6.07) is 14.5. The Balaban J connectivity index is 1.44. The van der Waals surface area contributed by atoms with Crippen molar-refractivity contribution in [2.45, 2.75) is 6.92 Å². The van der Waals surface area contributed by atoms with E-state index in [0.29, 0.717) is 34.2 Å². The molecule has 0 aliphatic heterocycles. The number of aromatic nitrogens is 3. The number of carbonyl (C=O) groups excluding carboxylic acids is 3. The summed E-state index contributed by atoms with van der Waals surface area (Å²) in [6.07, 6.45) is 6.12. The fourth-order valence-electron chi connectivity index (χ4n) is 3.42. The lowest BCUT2D eigenvalue weighted by atomic mass is 10.2. The third kappa shape index (κ3) is 6.61. The van der Waals surface area contributed by atoms with Crippen LogP contribution in [-0.2, 0) is 4.79 Å². The van der Waals surface area contributed by atoms with Gasteiger partial charge in [0, 0.05) is 42.6 Å². The summed E-state index contributed by atoms with van der Waals surface area (Å²) in [6.45, 7) is 5.33. The van der Waals surface area contributed by atoms with Crippen LogP contribution in [0.25, 0.3) is 5.69 Å². The smallest absolute Gasteiger partial charge is 0.323 e. The van der Waals surface area contributed by atoms with Crippen LogP contribution in [0.2, 0.25) is 0 Å². The van der Waals surface area contributed by atoms with E-state index in [1.807, 2.05) is 13.1 Å². The fraction of sp³-hybridized carbons (Fsp3) is 0.0741. The van der Waals surface area contributed by atoms with Gasteiger partial charge < -0.3 is 30.6 Å². The van der Waals surface area contributed by atoms with Crippen molar-refractivity contribution in [3.05, 3.63) is 97.4 Å². The Labute approximate surface area is 218 Å². The van der Waals surface area contributed by atoms with Gasteiger partial charge in [-0.15, -0.1) is 0 Å². The average molecular weight is 512 g/mol. The van der Waals surface area contributed by atoms with Crippen molar-refractivity contribution in [2.75, 3.05) is 23.0 Å². The molecule has 0 saturated heterocycles. The molecule has 4 N–H and O–H groups in total. The SMILES string of the molecule is C=CC(=O)Nc1cc(NC(=O)Nc2ccc(Oc3ccnc(C(=O)NC)c3)cc2)cc(-n2cnc(C)c2)c1. The van der Waals surface area contributed by atoms with Gasteiger partial charge in [0.2, 0.25) is 5.91 Å². The molecule has 0 radical (unpaired) electrons. The monoisotopic (exact) mass is 511 g/mol. The largest absolute Gasteiger partial charge is 0.457 e. The minimum atomic E-state index is -0.483. The number of imidazole rings is 1. The average Bonchev–Trinajstić information content (AvgIpc) is 3.35. The van der Waals surface area contributed by atoms with Crippen molar-refractivity contribution in [3.8, 4) is 17.2 Å². The summed E-state index contributed by atoms with van der Waals surface area (Å²) in [5.74, 6) is 0.264. The zero-order valence-electron chi connectivity index (χ0n) is 20.7. The molecular formula is C27H25N7O4. The van der Waals surface area contributed by atoms with Crippen LogP contribution in [0.15, 0.2) is 86.0 Å². The number of benzene rings is 2. The molecule has 0 spiro atoms. The summed E-state index contributed by atoms with van der Waals surface area (Å²) >= 11 is 0. The van der Waals surface area contributed by atoms with E-state index in [1.54, 1.807) is 59.4 Å². The third-order valence-corrected chi connectivity index (χ3v) is 5.18. The molecule has 0 aliphatic carbocycles. The predicted molar refractivity (Wildman–Crippen MR) is 144 cm³/mol. The van der Waals surface area contributed by atoms with Crippen molar-refractivity contribution in [2.24, 2.45) is 0 Å². The minimum Gasteiger partial charge on any atom is -0.457 e. The van der Waals surface area contributed by atoms with Crippen molar-refractivity contribution in [3.63, 3.8) is 0 Å². The molecule has 11 nitrogen and oxygen atoms in total. The van der Waals surface area contributed by atoms with Crippen molar-refractivity contribution < 1.29 is 19.1 Å². The molecule has 0 saturated carbocycles. The second kappa shape index (κ2) is 11.5. The van der Waals surface area contributed by atoms with Gasteiger partial charge in [-0.2, -0.15) is 0 Å². The van der Waals surface area contributed by atoms with E-state index in [9.17, 15) is 14.4 Å². The normalized spacial score (nSPS) is 10.3. The second-order valence-corrected chi connectivity index (χ2v) is 8.05. The summed E-state index contributed by atoms with van der Waals surface area (Å²) in [7, 11) is 1.52. The number of ether oxygens (including phenoxy) is 1. The molecule has 0 unspecified atom stereocenters. The first-order valence-corrected chi connectivity index (χ1v) is 11.5. The molecule has 11 heteroatoms. The predicted octanol–water partition coefficient (Wildman–Crippen LogP) is 4.50. The highest BCUT2D eigenvalue weighted by atomic mass is 16.5. The van der Waals surface area contributed by atoms with Crippen molar-refractivity contribution >= 4 is 34.9 Å². The first kappa shape index (κ1) is 25.6. The molecule has 2 aromatic heterocycles. The lowest BCUT2D eigenvalue weighted by molar-refractivity contribution is -0.111. The second-order valence-electron chi connectivity index (χ2n) is 8.05. The van der Waals surface area contributed by atoms with Crippen LogP contribution < -0.4 is 26.0 Å². The molecule has 38 heavy (non-hydrogen) atoms. The first-order valence-electron chi connectivity index (χ1n) is 11.5. The fourth-order valence-corrected chi connectivity index (χ4v) is 3.42. The van der Waals surface area contributed by atoms with Crippen LogP contribution in [0.1, 0.15) is 16.2 Å². The molecule has 0 fully saturated rings. The van der Waals surface area contributed by atoms with E-state index in [-0.39, 0.29) is 17.5 Å². The maximum atomic E-state index is 12.7. The lowest BCUT2D eigenvalue weighted by Crippen LogP contribution is -2.19. The maximum Gasteiger partial charge on any atom is 0.323 e. The summed E-state index contributed by atoms with van der Waals surface area (Å²) in [5.41, 5.74) is 3.21. The molecular weight excluding hydrogens is 486 g/mol. The number of hydrogen-bond acceptors (Lipinski definition) is 6. The van der Waals surface area contributed by atoms with Gasteiger partial charge in [0.25, 0.3) is 5.91 Å². The molecule has 192 valence electrons. The maximum absolute atomic E-state index is 12.7. The van der Waals surface area contributed by atoms with Crippen LogP contribution in [0.4, 0.5) is 21.9 Å². The summed E-state index contributed by atoms with van der Waals surface area (Å²) < 4.78 is 7.56. The molecule has 4 rings (SSSR count). The Hall–Kier alpha value is -5.45. The van der Waals surface area contributed by atoms with Gasteiger partial charge in [0.15, 0.2) is 0 Å². The molecule has 2 heterocycles. The zero-order valence-corrected chi connectivity index (χ0v) is 20.7. The quantitative estimate of drug-likeness (QED) is 0.257. The number of carbonyl (C=O) groups is 3. The van der Waals surface area contributed by atoms with Crippen LogP contribution in [-0.4, -0.2) is 39.4 Å². The Morgan fingerprint density at radius 3 is 2.26 bits per heavy atom. The minimum absolute atomic E-state index is 0.236. The third-order valence-electron chi connectivity index (χ3n) is 5.18. The van der Waals surface area contributed by atoms with E-state index in [2.05, 4.69) is 37.8 Å². The Morgan fingerprint density at radius 2 is 1.61 bits per heavy atom. The van der Waals surface area contributed by atoms with Gasteiger partial charge in [-0.05, 0) is 61.5 Å². The number of rotatable bonds is 8. The molecule has 0 aliphatic rings.